The number of nitrogens with zero attached hydrogens (tertiary/aromatic N) is 1. The van der Waals surface area contributed by atoms with Crippen molar-refractivity contribution in [2.24, 2.45) is 0 Å². The van der Waals surface area contributed by atoms with Crippen LogP contribution in [0.15, 0.2) is 72.3 Å². The van der Waals surface area contributed by atoms with Crippen molar-refractivity contribution in [1.29, 1.82) is 5.26 Å². The summed E-state index contributed by atoms with van der Waals surface area (Å²) in [7, 11) is 0. The van der Waals surface area contributed by atoms with Crippen molar-refractivity contribution >= 4 is 16.3 Å². The van der Waals surface area contributed by atoms with Crippen LogP contribution in [-0.4, -0.2) is 0 Å². The van der Waals surface area contributed by atoms with Crippen LogP contribution < -0.4 is 0 Å². The highest BCUT2D eigenvalue weighted by Crippen LogP contribution is 2.41. The van der Waals surface area contributed by atoms with Crippen LogP contribution >= 0.6 is 0 Å². The summed E-state index contributed by atoms with van der Waals surface area (Å²) in [6.07, 6.45) is 9.53. The molecule has 3 aromatic carbocycles. The molecule has 0 saturated carbocycles. The number of nitriles is 1. The van der Waals surface area contributed by atoms with Crippen LogP contribution in [0.2, 0.25) is 0 Å². The summed E-state index contributed by atoms with van der Waals surface area (Å²) in [5.41, 5.74) is 8.86. The van der Waals surface area contributed by atoms with Gasteiger partial charge in [-0.05, 0) is 82.0 Å². The van der Waals surface area contributed by atoms with Crippen LogP contribution in [0.4, 0.5) is 0 Å². The Morgan fingerprint density at radius 1 is 0.846 bits per heavy atom. The minimum Gasteiger partial charge on any atom is -0.192 e. The van der Waals surface area contributed by atoms with Gasteiger partial charge in [0.2, 0.25) is 0 Å². The molecule has 0 aliphatic heterocycles. The van der Waals surface area contributed by atoms with Gasteiger partial charge in [-0.15, -0.1) is 0 Å². The third-order valence-electron chi connectivity index (χ3n) is 5.66. The molecule has 124 valence electrons. The molecule has 2 aliphatic carbocycles. The van der Waals surface area contributed by atoms with Crippen LogP contribution in [0.25, 0.3) is 27.5 Å². The van der Waals surface area contributed by atoms with E-state index in [4.69, 9.17) is 0 Å². The Morgan fingerprint density at radius 2 is 1.77 bits per heavy atom. The van der Waals surface area contributed by atoms with Gasteiger partial charge in [0, 0.05) is 0 Å². The standard InChI is InChI=1S/C25H19N/c26-16-17-5-3-7-19(15-17)21-9-4-10-22-24(21)14-13-23-20-8-2-1-6-18(20)11-12-25(22)23/h3-5,7-11,13-15H,1-2,6,12H2. The fraction of sp³-hybridized carbons (Fsp3) is 0.160. The van der Waals surface area contributed by atoms with Gasteiger partial charge < -0.3 is 0 Å². The predicted molar refractivity (Wildman–Crippen MR) is 108 cm³/mol. The lowest BCUT2D eigenvalue weighted by atomic mass is 9.79. The Balaban J connectivity index is 1.74. The number of benzene rings is 3. The van der Waals surface area contributed by atoms with E-state index in [1.165, 1.54) is 57.9 Å². The van der Waals surface area contributed by atoms with Gasteiger partial charge in [-0.25, -0.2) is 0 Å². The number of fused-ring (bicyclic) bond motifs is 5. The lowest BCUT2D eigenvalue weighted by Gasteiger charge is -2.25. The monoisotopic (exact) mass is 333 g/mol. The summed E-state index contributed by atoms with van der Waals surface area (Å²) < 4.78 is 0. The van der Waals surface area contributed by atoms with E-state index in [9.17, 15) is 5.26 Å². The molecule has 0 bridgehead atoms. The molecule has 0 spiro atoms. The third-order valence-corrected chi connectivity index (χ3v) is 5.66. The summed E-state index contributed by atoms with van der Waals surface area (Å²) in [6.45, 7) is 0. The summed E-state index contributed by atoms with van der Waals surface area (Å²) in [5.74, 6) is 0. The molecular weight excluding hydrogens is 314 g/mol. The molecule has 0 saturated heterocycles. The molecule has 0 N–H and O–H groups in total. The van der Waals surface area contributed by atoms with E-state index in [0.29, 0.717) is 5.56 Å². The van der Waals surface area contributed by atoms with Gasteiger partial charge in [-0.2, -0.15) is 5.26 Å². The van der Waals surface area contributed by atoms with Gasteiger partial charge in [0.15, 0.2) is 0 Å². The van der Waals surface area contributed by atoms with E-state index >= 15 is 0 Å². The molecule has 0 unspecified atom stereocenters. The summed E-state index contributed by atoms with van der Waals surface area (Å²) in [4.78, 5) is 0. The highest BCUT2D eigenvalue weighted by atomic mass is 14.3. The molecule has 0 amide bonds. The van der Waals surface area contributed by atoms with E-state index in [-0.39, 0.29) is 0 Å². The van der Waals surface area contributed by atoms with E-state index in [1.807, 2.05) is 18.2 Å². The lowest BCUT2D eigenvalue weighted by Crippen LogP contribution is -2.06. The van der Waals surface area contributed by atoms with Gasteiger partial charge in [0.25, 0.3) is 0 Å². The van der Waals surface area contributed by atoms with Crippen molar-refractivity contribution in [2.75, 3.05) is 0 Å². The number of allylic oxidation sites excluding steroid dienone is 4. The third kappa shape index (κ3) is 2.30. The first-order valence-electron chi connectivity index (χ1n) is 9.30. The largest absolute Gasteiger partial charge is 0.192 e. The maximum absolute atomic E-state index is 9.23. The Kier molecular flexibility index (Phi) is 3.50. The zero-order valence-electron chi connectivity index (χ0n) is 14.6. The molecule has 0 fully saturated rings. The molecule has 0 atom stereocenters. The van der Waals surface area contributed by atoms with Gasteiger partial charge in [0.1, 0.15) is 0 Å². The maximum Gasteiger partial charge on any atom is 0.0991 e. The highest BCUT2D eigenvalue weighted by molar-refractivity contribution is 6.02. The topological polar surface area (TPSA) is 23.8 Å². The first-order chi connectivity index (χ1) is 12.8. The minimum absolute atomic E-state index is 0.706. The summed E-state index contributed by atoms with van der Waals surface area (Å²) >= 11 is 0. The molecular formula is C25H19N. The molecule has 5 rings (SSSR count). The lowest BCUT2D eigenvalue weighted by molar-refractivity contribution is 0.820. The molecule has 0 aromatic heterocycles. The van der Waals surface area contributed by atoms with Gasteiger partial charge in [-0.3, -0.25) is 0 Å². The summed E-state index contributed by atoms with van der Waals surface area (Å²) in [6, 6.07) is 21.3. The van der Waals surface area contributed by atoms with E-state index in [0.717, 1.165) is 12.0 Å². The maximum atomic E-state index is 9.23. The molecule has 1 heteroatoms. The number of hydrogen-bond acceptors (Lipinski definition) is 1. The average molecular weight is 333 g/mol. The van der Waals surface area contributed by atoms with Crippen molar-refractivity contribution in [3.05, 3.63) is 89.0 Å². The second-order valence-corrected chi connectivity index (χ2v) is 7.13. The van der Waals surface area contributed by atoms with E-state index in [1.54, 1.807) is 0 Å². The van der Waals surface area contributed by atoms with Crippen LogP contribution in [-0.2, 0) is 6.42 Å². The molecule has 26 heavy (non-hydrogen) atoms. The van der Waals surface area contributed by atoms with Crippen molar-refractivity contribution in [1.82, 2.24) is 0 Å². The zero-order valence-corrected chi connectivity index (χ0v) is 14.6. The quantitative estimate of drug-likeness (QED) is 0.503. The minimum atomic E-state index is 0.706. The second-order valence-electron chi connectivity index (χ2n) is 7.13. The van der Waals surface area contributed by atoms with Crippen LogP contribution in [0.3, 0.4) is 0 Å². The Hall–Kier alpha value is -3.11. The van der Waals surface area contributed by atoms with Crippen LogP contribution in [0, 0.1) is 11.3 Å². The second kappa shape index (κ2) is 6.00. The van der Waals surface area contributed by atoms with Crippen LogP contribution in [0.1, 0.15) is 36.0 Å². The smallest absolute Gasteiger partial charge is 0.0991 e. The highest BCUT2D eigenvalue weighted by Gasteiger charge is 2.21. The molecule has 1 nitrogen and oxygen atoms in total. The van der Waals surface area contributed by atoms with Crippen molar-refractivity contribution in [3.8, 4) is 17.2 Å². The molecule has 0 heterocycles. The Labute approximate surface area is 153 Å². The fourth-order valence-corrected chi connectivity index (χ4v) is 4.43. The summed E-state index contributed by atoms with van der Waals surface area (Å²) in [5, 5.41) is 11.8. The van der Waals surface area contributed by atoms with Crippen molar-refractivity contribution < 1.29 is 0 Å². The van der Waals surface area contributed by atoms with Crippen molar-refractivity contribution in [3.63, 3.8) is 0 Å². The Bertz CT molecular complexity index is 1140. The first kappa shape index (κ1) is 15.2. The number of rotatable bonds is 1. The predicted octanol–water partition coefficient (Wildman–Crippen LogP) is 6.43. The van der Waals surface area contributed by atoms with E-state index < -0.39 is 0 Å². The van der Waals surface area contributed by atoms with E-state index in [2.05, 4.69) is 54.6 Å². The SMILES string of the molecule is N#Cc1cccc(-c2cccc3c4c(ccc23)C2=CCCCC2=CC4)c1. The fourth-order valence-electron chi connectivity index (χ4n) is 4.43. The molecule has 3 aromatic rings. The van der Waals surface area contributed by atoms with Crippen LogP contribution in [0.5, 0.6) is 0 Å². The molecule has 0 radical (unpaired) electrons. The average Bonchev–Trinajstić information content (AvgIpc) is 2.72. The van der Waals surface area contributed by atoms with Gasteiger partial charge >= 0.3 is 0 Å². The first-order valence-corrected chi connectivity index (χ1v) is 9.30. The van der Waals surface area contributed by atoms with Crippen molar-refractivity contribution in [2.45, 2.75) is 25.7 Å². The normalized spacial score (nSPS) is 15.5. The zero-order chi connectivity index (χ0) is 17.5. The molecule has 2 aliphatic rings. The van der Waals surface area contributed by atoms with Gasteiger partial charge in [-0.1, -0.05) is 54.6 Å². The number of hydrogen-bond donors (Lipinski definition) is 0. The Morgan fingerprint density at radius 3 is 2.69 bits per heavy atom. The van der Waals surface area contributed by atoms with Gasteiger partial charge in [0.05, 0.1) is 11.6 Å².